The number of hydrogen-bond donors (Lipinski definition) is 30. The number of phenolic OH excluding ortho intramolecular Hbond substituents is 6. The number of phenols is 6. The summed E-state index contributed by atoms with van der Waals surface area (Å²) in [6.07, 6.45) is -7.96. The first kappa shape index (κ1) is 115. The fourth-order valence-corrected chi connectivity index (χ4v) is 15.1. The number of amides is 18. The quantitative estimate of drug-likeness (QED) is 0.0288. The molecule has 0 saturated carbocycles. The van der Waals surface area contributed by atoms with Crippen molar-refractivity contribution in [3.63, 3.8) is 0 Å². The van der Waals surface area contributed by atoms with E-state index in [4.69, 9.17) is 34.5 Å². The first-order chi connectivity index (χ1) is 69.1. The zero-order valence-corrected chi connectivity index (χ0v) is 80.8. The zero-order chi connectivity index (χ0) is 108. The topological polar surface area (TPSA) is 798 Å². The summed E-state index contributed by atoms with van der Waals surface area (Å²) in [6.45, 7) is 5.30. The van der Waals surface area contributed by atoms with Crippen LogP contribution in [-0.2, 0) is 92.7 Å². The van der Waals surface area contributed by atoms with Crippen LogP contribution in [0.5, 0.6) is 34.5 Å². The maximum absolute atomic E-state index is 15.3. The first-order valence-corrected chi connectivity index (χ1v) is 46.6. The third-order valence-electron chi connectivity index (χ3n) is 22.9. The largest absolute Gasteiger partial charge is 0.508 e. The molecule has 784 valence electrons. The van der Waals surface area contributed by atoms with E-state index in [2.05, 4.69) is 90.4 Å². The van der Waals surface area contributed by atoms with Crippen molar-refractivity contribution in [2.75, 3.05) is 26.2 Å². The van der Waals surface area contributed by atoms with E-state index in [9.17, 15) is 93.9 Å². The summed E-state index contributed by atoms with van der Waals surface area (Å²) in [5, 5.41) is 138. The molecule has 0 spiro atoms. The SMILES string of the molecule is CC(C)CC1NC(=O)CNC(=O)[C@H](c2ccc(O)cc2)NC(=O)C([C@@H](C)O)NC(=O)[C@H](c2ccc(O)cc2)NC(=O)C(CCCN)NC(=O)[C@H](Cc2ccccc2)NC(=O)C([C@H](C)O)NC(=O)C(c2ccc(O)cc2)NC(=O)[C@@H](c2ccc(O)cc2)NC(=O)C([C@@H](C)O)NC(=O)[C@@H](CCCN)NC(=O)C(c2ccc(O)cc2)NC(=O)[C@@H](NC(=O)[C@@H](N)CC(N)=O)CNC(=O)[C@H](c2ccc(O)c(Cl)c2)NC(=O)[C@@H](C)NC1=O. The second-order valence-electron chi connectivity index (χ2n) is 35.0. The normalized spacial score (nSPS) is 23.7. The van der Waals surface area contributed by atoms with E-state index in [1.165, 1.54) is 24.3 Å². The van der Waals surface area contributed by atoms with Crippen LogP contribution in [0, 0.1) is 5.92 Å². The van der Waals surface area contributed by atoms with Crippen molar-refractivity contribution in [2.45, 2.75) is 201 Å². The molecule has 1 aliphatic rings. The number of nitrogens with one attached hydrogen (secondary N) is 17. The molecule has 0 aliphatic carbocycles. The van der Waals surface area contributed by atoms with Gasteiger partial charge >= 0.3 is 0 Å². The lowest BCUT2D eigenvalue weighted by Gasteiger charge is -2.30. The Bertz CT molecular complexity index is 5780. The molecule has 18 amide bonds. The van der Waals surface area contributed by atoms with E-state index in [0.29, 0.717) is 5.56 Å². The molecule has 1 aliphatic heterocycles. The maximum Gasteiger partial charge on any atom is 0.248 e. The molecule has 0 bridgehead atoms. The molecule has 0 aromatic heterocycles. The number of rotatable bonds is 23. The number of aliphatic hydroxyl groups excluding tert-OH is 3. The lowest BCUT2D eigenvalue weighted by Crippen LogP contribution is -2.61. The standard InChI is InChI=1S/C97H122ClN21O27/c1-46(2)40-67-86(135)105-47(3)82(131)114-81(57-26-37-70(128)63(98)42-57)90(139)103-44-69(110-83(132)64(101)43-71(102)129)88(137)116-77(53-18-29-59(124)30-19-53)94(143)108-66(15-11-39-100)84(133)111-74(49(5)121)92(141)118-80(56-24-35-62(127)36-25-56)97(146)119-79(55-22-33-61(126)34-23-55)96(145)112-73(48(4)120)91(140)109-68(41-51-12-8-7-9-13-51)87(136)107-65(14-10-38-99)85(134)115-78(54-20-31-60(125)32-21-54)95(144)113-75(50(6)122)93(142)117-76(52-16-27-58(123)28-17-52)89(138)104-45-72(130)106-67/h7-9,12-13,16-37,42,46-50,64-69,73-81,120-128H,10-11,14-15,38-41,43-45,99-101H2,1-6H3,(H2,102,129)(H,103,139)(H,104,138)(H,105,135)(H,106,130)(H,107,136)(H,108,143)(H,109,140)(H,110,132)(H,111,133)(H,112,145)(H,113,144)(H,114,131)(H,115,134)(H,116,137)(H,117,142)(H,118,141)(H,119,146)/t47-,48+,49-,50-,64+,65?,66-,67?,68+,69+,73?,74?,75?,76+,77?,78+,79?,80-,81+/m1/s1. The molecule has 146 heavy (non-hydrogen) atoms. The number of aromatic hydroxyl groups is 6. The van der Waals surface area contributed by atoms with Gasteiger partial charge in [-0.15, -0.1) is 0 Å². The predicted molar refractivity (Wildman–Crippen MR) is 521 cm³/mol. The van der Waals surface area contributed by atoms with Crippen molar-refractivity contribution in [3.05, 3.63) is 214 Å². The predicted octanol–water partition coefficient (Wildman–Crippen LogP) is -4.24. The number of primary amides is 1. The van der Waals surface area contributed by atoms with E-state index in [1.807, 2.05) is 0 Å². The molecule has 7 aromatic carbocycles. The highest BCUT2D eigenvalue weighted by molar-refractivity contribution is 6.32. The van der Waals surface area contributed by atoms with Gasteiger partial charge in [0.2, 0.25) is 106 Å². The van der Waals surface area contributed by atoms with Gasteiger partial charge in [-0.05, 0) is 191 Å². The Kier molecular flexibility index (Phi) is 43.3. The van der Waals surface area contributed by atoms with E-state index in [1.54, 1.807) is 44.2 Å². The molecule has 0 radical (unpaired) electrons. The van der Waals surface area contributed by atoms with Crippen molar-refractivity contribution in [1.82, 2.24) is 90.4 Å². The van der Waals surface area contributed by atoms with Gasteiger partial charge in [-0.3, -0.25) is 86.3 Å². The molecular formula is C97H122ClN21O27. The number of aliphatic hydroxyl groups is 3. The second-order valence-corrected chi connectivity index (χ2v) is 35.4. The van der Waals surface area contributed by atoms with Gasteiger partial charge in [0.1, 0.15) is 125 Å². The van der Waals surface area contributed by atoms with Crippen molar-refractivity contribution in [2.24, 2.45) is 28.9 Å². The molecule has 1 saturated heterocycles. The Morgan fingerprint density at radius 1 is 0.377 bits per heavy atom. The fourth-order valence-electron chi connectivity index (χ4n) is 15.0. The number of halogens is 1. The summed E-state index contributed by atoms with van der Waals surface area (Å²) in [7, 11) is 0. The van der Waals surface area contributed by atoms with E-state index in [0.717, 1.165) is 143 Å². The highest BCUT2D eigenvalue weighted by Crippen LogP contribution is 2.30. The first-order valence-electron chi connectivity index (χ1n) is 46.2. The average molecular weight is 2050 g/mol. The van der Waals surface area contributed by atoms with Crippen LogP contribution in [0.25, 0.3) is 0 Å². The number of carbonyl (C=O) groups excluding carboxylic acids is 18. The molecule has 19 atom stereocenters. The van der Waals surface area contributed by atoms with Crippen molar-refractivity contribution >= 4 is 118 Å². The van der Waals surface area contributed by atoms with Crippen LogP contribution < -0.4 is 113 Å². The highest BCUT2D eigenvalue weighted by Gasteiger charge is 2.43. The fraction of sp³-hybridized carbons (Fsp3) is 0.381. The summed E-state index contributed by atoms with van der Waals surface area (Å²) < 4.78 is 0. The number of carbonyl (C=O) groups is 18. The van der Waals surface area contributed by atoms with E-state index in [-0.39, 0.29) is 106 Å². The third-order valence-corrected chi connectivity index (χ3v) is 23.2. The van der Waals surface area contributed by atoms with Crippen LogP contribution >= 0.6 is 11.6 Å². The summed E-state index contributed by atoms with van der Waals surface area (Å²) in [4.78, 5) is 264. The molecule has 1 fully saturated rings. The summed E-state index contributed by atoms with van der Waals surface area (Å²) >= 11 is 6.36. The molecule has 7 aromatic rings. The number of hydrogen-bond acceptors (Lipinski definition) is 30. The maximum atomic E-state index is 15.3. The third kappa shape index (κ3) is 34.3. The Balaban J connectivity index is 1.22. The minimum Gasteiger partial charge on any atom is -0.508 e. The Morgan fingerprint density at radius 3 is 1.12 bits per heavy atom. The smallest absolute Gasteiger partial charge is 0.248 e. The van der Waals surface area contributed by atoms with Gasteiger partial charge in [0, 0.05) is 13.0 Å². The van der Waals surface area contributed by atoms with E-state index >= 15 is 38.4 Å². The molecule has 49 heteroatoms. The summed E-state index contributed by atoms with van der Waals surface area (Å²) in [6, 6.07) is 3.16. The zero-order valence-electron chi connectivity index (χ0n) is 80.1. The molecule has 8 rings (SSSR count). The molecule has 7 unspecified atom stereocenters. The summed E-state index contributed by atoms with van der Waals surface area (Å²) in [5.41, 5.74) is 22.8. The van der Waals surface area contributed by atoms with Crippen LogP contribution in [0.3, 0.4) is 0 Å². The summed E-state index contributed by atoms with van der Waals surface area (Å²) in [5.74, 6) is -24.8. The van der Waals surface area contributed by atoms with Gasteiger partial charge in [-0.25, -0.2) is 0 Å². The lowest BCUT2D eigenvalue weighted by molar-refractivity contribution is -0.138. The Morgan fingerprint density at radius 2 is 0.705 bits per heavy atom. The molecule has 34 N–H and O–H groups in total. The van der Waals surface area contributed by atoms with Crippen molar-refractivity contribution in [1.29, 1.82) is 0 Å². The van der Waals surface area contributed by atoms with Gasteiger partial charge in [0.05, 0.1) is 42.3 Å². The number of nitrogens with two attached hydrogens (primary N) is 4. The van der Waals surface area contributed by atoms with Crippen LogP contribution in [0.15, 0.2) is 170 Å². The molecular weight excluding hydrogens is 1930 g/mol. The van der Waals surface area contributed by atoms with Crippen LogP contribution in [0.2, 0.25) is 5.02 Å². The van der Waals surface area contributed by atoms with Crippen LogP contribution in [0.1, 0.15) is 155 Å². The van der Waals surface area contributed by atoms with Gasteiger partial charge < -0.3 is 159 Å². The molecule has 1 heterocycles. The van der Waals surface area contributed by atoms with Gasteiger partial charge in [-0.2, -0.15) is 0 Å². The van der Waals surface area contributed by atoms with Gasteiger partial charge in [0.15, 0.2) is 0 Å². The number of benzene rings is 7. The van der Waals surface area contributed by atoms with Gasteiger partial charge in [-0.1, -0.05) is 123 Å². The highest BCUT2D eigenvalue weighted by atomic mass is 35.5. The monoisotopic (exact) mass is 2050 g/mol. The minimum atomic E-state index is -2.13. The van der Waals surface area contributed by atoms with Crippen molar-refractivity contribution in [3.8, 4) is 34.5 Å². The van der Waals surface area contributed by atoms with Gasteiger partial charge in [0.25, 0.3) is 0 Å². The van der Waals surface area contributed by atoms with Crippen LogP contribution in [0.4, 0.5) is 0 Å². The van der Waals surface area contributed by atoms with Crippen LogP contribution in [-0.4, -0.2) is 257 Å². The minimum absolute atomic E-state index is 0.0273. The molecule has 48 nitrogen and oxygen atoms in total. The second kappa shape index (κ2) is 54.9. The Hall–Kier alpha value is -16.2. The lowest BCUT2D eigenvalue weighted by atomic mass is 10.0. The van der Waals surface area contributed by atoms with Crippen molar-refractivity contribution < 1.29 is 132 Å². The average Bonchev–Trinajstić information content (AvgIpc) is 0.759. The van der Waals surface area contributed by atoms with E-state index < -0.39 is 265 Å². The Labute approximate surface area is 841 Å².